The fourth-order valence-electron chi connectivity index (χ4n) is 2.79. The van der Waals surface area contributed by atoms with Crippen molar-refractivity contribution in [2.24, 2.45) is 11.1 Å². The van der Waals surface area contributed by atoms with Gasteiger partial charge in [0.2, 0.25) is 15.9 Å². The number of primary sulfonamides is 1. The van der Waals surface area contributed by atoms with Crippen LogP contribution < -0.4 is 10.5 Å². The van der Waals surface area contributed by atoms with Gasteiger partial charge in [0.05, 0.1) is 4.90 Å². The molecule has 24 heavy (non-hydrogen) atoms. The number of carbonyl (C=O) groups is 1. The van der Waals surface area contributed by atoms with Gasteiger partial charge in [-0.3, -0.25) is 4.79 Å². The van der Waals surface area contributed by atoms with E-state index >= 15 is 0 Å². The first kappa shape index (κ1) is 16.6. The van der Waals surface area contributed by atoms with E-state index in [4.69, 9.17) is 5.14 Å². The largest absolute Gasteiger partial charge is 0.326 e. The molecule has 1 amide bonds. The second kappa shape index (κ2) is 5.99. The molecular weight excluding hydrogens is 331 g/mol. The number of halogens is 1. The number of rotatable bonds is 4. The van der Waals surface area contributed by atoms with Gasteiger partial charge < -0.3 is 5.32 Å². The minimum atomic E-state index is -4.04. The summed E-state index contributed by atoms with van der Waals surface area (Å²) in [6.07, 6.45) is 0.715. The van der Waals surface area contributed by atoms with Crippen LogP contribution in [-0.4, -0.2) is 14.3 Å². The lowest BCUT2D eigenvalue weighted by Crippen LogP contribution is -2.17. The van der Waals surface area contributed by atoms with Gasteiger partial charge in [0.15, 0.2) is 0 Å². The normalized spacial score (nSPS) is 19.8. The lowest BCUT2D eigenvalue weighted by molar-refractivity contribution is -0.117. The van der Waals surface area contributed by atoms with E-state index in [9.17, 15) is 17.6 Å². The molecule has 0 aromatic heterocycles. The monoisotopic (exact) mass is 348 g/mol. The molecule has 126 valence electrons. The van der Waals surface area contributed by atoms with Crippen molar-refractivity contribution in [3.63, 3.8) is 0 Å². The molecule has 1 fully saturated rings. The molecule has 2 aromatic rings. The maximum atomic E-state index is 13.5. The Morgan fingerprint density at radius 2 is 2.00 bits per heavy atom. The van der Waals surface area contributed by atoms with Crippen LogP contribution in [0.5, 0.6) is 0 Å². The predicted molar refractivity (Wildman–Crippen MR) is 88.4 cm³/mol. The topological polar surface area (TPSA) is 89.3 Å². The Bertz CT molecular complexity index is 912. The number of anilines is 1. The van der Waals surface area contributed by atoms with Crippen molar-refractivity contribution in [2.75, 3.05) is 5.32 Å². The summed E-state index contributed by atoms with van der Waals surface area (Å²) in [5, 5.41) is 7.58. The molecule has 0 saturated heterocycles. The van der Waals surface area contributed by atoms with Crippen LogP contribution in [-0.2, 0) is 14.8 Å². The minimum Gasteiger partial charge on any atom is -0.326 e. The van der Waals surface area contributed by atoms with Gasteiger partial charge in [-0.05, 0) is 43.0 Å². The molecule has 0 spiro atoms. The van der Waals surface area contributed by atoms with Gasteiger partial charge in [0, 0.05) is 11.6 Å². The molecule has 1 aliphatic carbocycles. The van der Waals surface area contributed by atoms with E-state index in [-0.39, 0.29) is 28.3 Å². The van der Waals surface area contributed by atoms with Crippen molar-refractivity contribution in [2.45, 2.75) is 24.2 Å². The lowest BCUT2D eigenvalue weighted by Gasteiger charge is -2.07. The van der Waals surface area contributed by atoms with Gasteiger partial charge in [-0.1, -0.05) is 29.8 Å². The molecule has 2 atom stereocenters. The van der Waals surface area contributed by atoms with Gasteiger partial charge in [0.1, 0.15) is 5.82 Å². The van der Waals surface area contributed by atoms with E-state index in [1.807, 2.05) is 31.2 Å². The van der Waals surface area contributed by atoms with Crippen LogP contribution in [0.3, 0.4) is 0 Å². The SMILES string of the molecule is Cc1cccc([C@@H]2C[C@@H]2C(=O)Nc2cc(F)cc(S(N)(=O)=O)c2)c1. The molecular formula is C17H17FN2O3S. The number of benzene rings is 2. The molecule has 2 aromatic carbocycles. The molecule has 3 rings (SSSR count). The van der Waals surface area contributed by atoms with E-state index in [1.54, 1.807) is 0 Å². The predicted octanol–water partition coefficient (Wildman–Crippen LogP) is 2.52. The Labute approximate surface area is 139 Å². The van der Waals surface area contributed by atoms with Gasteiger partial charge in [-0.25, -0.2) is 17.9 Å². The Hall–Kier alpha value is -2.25. The average molecular weight is 348 g/mol. The Morgan fingerprint density at radius 3 is 2.67 bits per heavy atom. The third-order valence-electron chi connectivity index (χ3n) is 4.06. The maximum Gasteiger partial charge on any atom is 0.238 e. The third-order valence-corrected chi connectivity index (χ3v) is 4.96. The zero-order valence-corrected chi connectivity index (χ0v) is 13.8. The van der Waals surface area contributed by atoms with E-state index in [0.717, 1.165) is 29.3 Å². The van der Waals surface area contributed by atoms with Gasteiger partial charge in [-0.15, -0.1) is 0 Å². The summed E-state index contributed by atoms with van der Waals surface area (Å²) in [7, 11) is -4.04. The van der Waals surface area contributed by atoms with E-state index in [2.05, 4.69) is 5.32 Å². The number of hydrogen-bond acceptors (Lipinski definition) is 3. The van der Waals surface area contributed by atoms with E-state index in [0.29, 0.717) is 6.42 Å². The molecule has 0 unspecified atom stereocenters. The number of sulfonamides is 1. The highest BCUT2D eigenvalue weighted by Crippen LogP contribution is 2.48. The van der Waals surface area contributed by atoms with Crippen LogP contribution in [0.1, 0.15) is 23.5 Å². The second-order valence-electron chi connectivity index (χ2n) is 6.07. The fourth-order valence-corrected chi connectivity index (χ4v) is 3.36. The minimum absolute atomic E-state index is 0.0823. The zero-order chi connectivity index (χ0) is 17.5. The first-order valence-corrected chi connectivity index (χ1v) is 8.99. The fraction of sp³-hybridized carbons (Fsp3) is 0.235. The molecule has 1 aliphatic rings. The summed E-state index contributed by atoms with van der Waals surface area (Å²) in [4.78, 5) is 11.9. The summed E-state index contributed by atoms with van der Waals surface area (Å²) in [6.45, 7) is 1.99. The van der Waals surface area contributed by atoms with Gasteiger partial charge >= 0.3 is 0 Å². The zero-order valence-electron chi connectivity index (χ0n) is 13.0. The highest BCUT2D eigenvalue weighted by molar-refractivity contribution is 7.89. The lowest BCUT2D eigenvalue weighted by atomic mass is 10.1. The third kappa shape index (κ3) is 3.63. The molecule has 7 heteroatoms. The first-order valence-electron chi connectivity index (χ1n) is 7.45. The van der Waals surface area contributed by atoms with E-state index < -0.39 is 15.8 Å². The molecule has 1 saturated carbocycles. The molecule has 0 aliphatic heterocycles. The van der Waals surface area contributed by atoms with Crippen molar-refractivity contribution >= 4 is 21.6 Å². The van der Waals surface area contributed by atoms with Gasteiger partial charge in [-0.2, -0.15) is 0 Å². The Kier molecular flexibility index (Phi) is 4.15. The number of nitrogens with two attached hydrogens (primary N) is 1. The van der Waals surface area contributed by atoms with Crippen LogP contribution in [0.4, 0.5) is 10.1 Å². The number of nitrogens with one attached hydrogen (secondary N) is 1. The van der Waals surface area contributed by atoms with Gasteiger partial charge in [0.25, 0.3) is 0 Å². The molecule has 0 bridgehead atoms. The van der Waals surface area contributed by atoms with E-state index in [1.165, 1.54) is 0 Å². The molecule has 3 N–H and O–H groups in total. The number of hydrogen-bond donors (Lipinski definition) is 2. The standard InChI is InChI=1S/C17H17FN2O3S/c1-10-3-2-4-11(5-10)15-9-16(15)17(21)20-13-6-12(18)7-14(8-13)24(19,22)23/h2-8,15-16H,9H2,1H3,(H,20,21)(H2,19,22,23)/t15-,16-/m0/s1. The van der Waals surface area contributed by atoms with Crippen molar-refractivity contribution in [3.05, 3.63) is 59.4 Å². The molecule has 5 nitrogen and oxygen atoms in total. The molecule has 0 heterocycles. The maximum absolute atomic E-state index is 13.5. The quantitative estimate of drug-likeness (QED) is 0.890. The summed E-state index contributed by atoms with van der Waals surface area (Å²) >= 11 is 0. The Morgan fingerprint density at radius 1 is 1.25 bits per heavy atom. The second-order valence-corrected chi connectivity index (χ2v) is 7.63. The van der Waals surface area contributed by atoms with Crippen molar-refractivity contribution in [3.8, 4) is 0 Å². The van der Waals surface area contributed by atoms with Crippen LogP contribution in [0, 0.1) is 18.7 Å². The molecule has 0 radical (unpaired) electrons. The van der Waals surface area contributed by atoms with Crippen molar-refractivity contribution in [1.82, 2.24) is 0 Å². The van der Waals surface area contributed by atoms with Crippen molar-refractivity contribution < 1.29 is 17.6 Å². The summed E-state index contributed by atoms with van der Waals surface area (Å²) in [5.41, 5.74) is 2.31. The van der Waals surface area contributed by atoms with Crippen molar-refractivity contribution in [1.29, 1.82) is 0 Å². The summed E-state index contributed by atoms with van der Waals surface area (Å²) < 4.78 is 36.2. The van der Waals surface area contributed by atoms with Crippen LogP contribution in [0.25, 0.3) is 0 Å². The summed E-state index contributed by atoms with van der Waals surface area (Å²) in [6, 6.07) is 11.0. The van der Waals surface area contributed by atoms with Crippen LogP contribution >= 0.6 is 0 Å². The first-order chi connectivity index (χ1) is 11.2. The highest BCUT2D eigenvalue weighted by atomic mass is 32.2. The summed E-state index contributed by atoms with van der Waals surface area (Å²) in [5.74, 6) is -1.10. The average Bonchev–Trinajstić information content (AvgIpc) is 3.26. The smallest absolute Gasteiger partial charge is 0.238 e. The number of carbonyl (C=O) groups excluding carboxylic acids is 1. The number of amides is 1. The number of aryl methyl sites for hydroxylation is 1. The van der Waals surface area contributed by atoms with Crippen LogP contribution in [0.2, 0.25) is 0 Å². The Balaban J connectivity index is 1.74. The highest BCUT2D eigenvalue weighted by Gasteiger charge is 2.43. The van der Waals surface area contributed by atoms with Crippen LogP contribution in [0.15, 0.2) is 47.4 Å².